The summed E-state index contributed by atoms with van der Waals surface area (Å²) in [6.45, 7) is 8.00. The van der Waals surface area contributed by atoms with Crippen LogP contribution in [0.4, 0.5) is 5.13 Å². The first-order valence-electron chi connectivity index (χ1n) is 9.25. The van der Waals surface area contributed by atoms with Crippen LogP contribution in [0, 0.1) is 0 Å². The van der Waals surface area contributed by atoms with E-state index in [1.807, 2.05) is 27.7 Å². The van der Waals surface area contributed by atoms with Gasteiger partial charge < -0.3 is 17.2 Å². The summed E-state index contributed by atoms with van der Waals surface area (Å²) in [4.78, 5) is 26.6. The summed E-state index contributed by atoms with van der Waals surface area (Å²) in [7, 11) is 0. The number of nitrogens with two attached hydrogens (primary N) is 3. The summed E-state index contributed by atoms with van der Waals surface area (Å²) in [5.41, 5.74) is 16.1. The average molecular weight is 403 g/mol. The van der Waals surface area contributed by atoms with Gasteiger partial charge in [0.2, 0.25) is 0 Å². The van der Waals surface area contributed by atoms with Crippen molar-refractivity contribution in [1.29, 1.82) is 0 Å². The maximum Gasteiger partial charge on any atom is 0.198 e. The summed E-state index contributed by atoms with van der Waals surface area (Å²) in [6, 6.07) is 0. The van der Waals surface area contributed by atoms with E-state index in [-0.39, 0.29) is 16.7 Å². The van der Waals surface area contributed by atoms with Crippen molar-refractivity contribution in [1.82, 2.24) is 4.98 Å². The number of anilines is 1. The number of hydrogen-bond acceptors (Lipinski definition) is 6. The van der Waals surface area contributed by atoms with Gasteiger partial charge in [-0.2, -0.15) is 0 Å². The van der Waals surface area contributed by atoms with Gasteiger partial charge in [0.1, 0.15) is 0 Å². The predicted octanol–water partition coefficient (Wildman–Crippen LogP) is 3.54. The fourth-order valence-electron chi connectivity index (χ4n) is 2.22. The third-order valence-electron chi connectivity index (χ3n) is 3.23. The van der Waals surface area contributed by atoms with Crippen LogP contribution in [0.3, 0.4) is 0 Å². The molecule has 0 atom stereocenters. The zero-order valence-corrected chi connectivity index (χ0v) is 18.1. The van der Waals surface area contributed by atoms with Crippen molar-refractivity contribution in [2.24, 2.45) is 11.5 Å². The lowest BCUT2D eigenvalue weighted by Gasteiger charge is -2.06. The largest absolute Gasteiger partial charge is 0.377 e. The lowest BCUT2D eigenvalue weighted by atomic mass is 9.98. The van der Waals surface area contributed by atoms with Gasteiger partial charge in [0.05, 0.1) is 5.69 Å². The van der Waals surface area contributed by atoms with Crippen LogP contribution < -0.4 is 17.2 Å². The topological polar surface area (TPSA) is 125 Å². The molecule has 0 amide bonds. The second-order valence-corrected chi connectivity index (χ2v) is 6.67. The van der Waals surface area contributed by atoms with E-state index >= 15 is 0 Å². The van der Waals surface area contributed by atoms with Crippen molar-refractivity contribution in [2.75, 3.05) is 5.73 Å². The number of aryl methyl sites for hydroxylation is 2. The van der Waals surface area contributed by atoms with Crippen LogP contribution >= 0.6 is 23.6 Å². The SMILES string of the molecule is CC.CC.NC(N)=S.Nc1nc2c(s1)CCCC2.O=C1CCCCC1=O. The molecule has 6 nitrogen and oxygen atoms in total. The fourth-order valence-corrected chi connectivity index (χ4v) is 3.14. The van der Waals surface area contributed by atoms with Gasteiger partial charge >= 0.3 is 0 Å². The van der Waals surface area contributed by atoms with E-state index in [0.29, 0.717) is 12.8 Å². The minimum atomic E-state index is -0.170. The number of nitrogens with zero attached hydrogens (tertiary/aromatic N) is 1. The Hall–Kier alpha value is -1.54. The van der Waals surface area contributed by atoms with Gasteiger partial charge in [-0.15, -0.1) is 11.3 Å². The first-order chi connectivity index (χ1) is 12.4. The summed E-state index contributed by atoms with van der Waals surface area (Å²) < 4.78 is 0. The molecule has 0 unspecified atom stereocenters. The number of thiazole rings is 1. The Bertz CT molecular complexity index is 502. The number of thiocarbonyl (C=S) groups is 1. The van der Waals surface area contributed by atoms with Crippen molar-refractivity contribution < 1.29 is 9.59 Å². The van der Waals surface area contributed by atoms with Crippen molar-refractivity contribution in [3.63, 3.8) is 0 Å². The molecule has 0 aliphatic heterocycles. The highest BCUT2D eigenvalue weighted by Crippen LogP contribution is 2.27. The van der Waals surface area contributed by atoms with Crippen LogP contribution in [0.5, 0.6) is 0 Å². The molecule has 6 N–H and O–H groups in total. The monoisotopic (exact) mass is 402 g/mol. The predicted molar refractivity (Wildman–Crippen MR) is 115 cm³/mol. The van der Waals surface area contributed by atoms with E-state index in [4.69, 9.17) is 5.73 Å². The first-order valence-corrected chi connectivity index (χ1v) is 10.5. The molecule has 3 rings (SSSR count). The molecule has 0 radical (unpaired) electrons. The van der Waals surface area contributed by atoms with Crippen LogP contribution in [-0.4, -0.2) is 21.7 Å². The van der Waals surface area contributed by atoms with E-state index in [2.05, 4.69) is 28.7 Å². The minimum Gasteiger partial charge on any atom is -0.377 e. The van der Waals surface area contributed by atoms with E-state index < -0.39 is 0 Å². The molecule has 0 saturated heterocycles. The highest BCUT2D eigenvalue weighted by molar-refractivity contribution is 7.80. The van der Waals surface area contributed by atoms with Gasteiger partial charge in [-0.3, -0.25) is 9.59 Å². The Kier molecular flexibility index (Phi) is 17.3. The lowest BCUT2D eigenvalue weighted by molar-refractivity contribution is -0.137. The third kappa shape index (κ3) is 12.8. The first kappa shape index (κ1) is 26.7. The van der Waals surface area contributed by atoms with Crippen LogP contribution in [0.25, 0.3) is 0 Å². The van der Waals surface area contributed by atoms with Gasteiger partial charge in [0, 0.05) is 17.7 Å². The molecule has 1 heterocycles. The molecule has 2 aliphatic carbocycles. The zero-order valence-electron chi connectivity index (χ0n) is 16.5. The van der Waals surface area contributed by atoms with Gasteiger partial charge in [-0.1, -0.05) is 27.7 Å². The van der Waals surface area contributed by atoms with Crippen molar-refractivity contribution in [3.05, 3.63) is 10.6 Å². The second-order valence-electron chi connectivity index (χ2n) is 5.08. The number of fused-ring (bicyclic) bond motifs is 1. The van der Waals surface area contributed by atoms with Gasteiger partial charge in [0.15, 0.2) is 21.8 Å². The van der Waals surface area contributed by atoms with E-state index in [1.54, 1.807) is 11.3 Å². The highest BCUT2D eigenvalue weighted by Gasteiger charge is 2.17. The van der Waals surface area contributed by atoms with E-state index in [9.17, 15) is 9.59 Å². The number of Topliss-reactive ketones (excluding diaryl/α,β-unsaturated/α-hetero) is 2. The Labute approximate surface area is 166 Å². The van der Waals surface area contributed by atoms with E-state index in [1.165, 1.54) is 29.8 Å². The minimum absolute atomic E-state index is 0.000000000000000222. The van der Waals surface area contributed by atoms with Crippen LogP contribution in [0.1, 0.15) is 76.8 Å². The molecule has 1 saturated carbocycles. The van der Waals surface area contributed by atoms with Crippen LogP contribution in [0.2, 0.25) is 0 Å². The Balaban J connectivity index is 0. The molecule has 0 bridgehead atoms. The van der Waals surface area contributed by atoms with Crippen molar-refractivity contribution >= 4 is 45.4 Å². The number of ketones is 2. The molecule has 8 heteroatoms. The Morgan fingerprint density at radius 2 is 1.27 bits per heavy atom. The smallest absolute Gasteiger partial charge is 0.198 e. The molecule has 0 aromatic carbocycles. The molecule has 1 aromatic rings. The number of hydrogen-bond donors (Lipinski definition) is 3. The molecular weight excluding hydrogens is 368 g/mol. The van der Waals surface area contributed by atoms with Crippen LogP contribution in [0.15, 0.2) is 0 Å². The number of nitrogen functional groups attached to an aromatic ring is 1. The standard InChI is InChI=1S/C7H10N2S.C6H8O2.2C2H6.CH4N2S/c8-7-9-5-3-1-2-4-6(5)10-7;7-5-3-1-2-4-6(5)8;2*1-2;2-1(3)4/h1-4H2,(H2,8,9);1-4H2;2*1-2H3;(H4,2,3,4). The number of rotatable bonds is 0. The Morgan fingerprint density at radius 3 is 1.65 bits per heavy atom. The second kappa shape index (κ2) is 16.9. The van der Waals surface area contributed by atoms with E-state index in [0.717, 1.165) is 24.4 Å². The summed E-state index contributed by atoms with van der Waals surface area (Å²) in [5.74, 6) is -0.340. The van der Waals surface area contributed by atoms with Crippen LogP contribution in [-0.2, 0) is 22.4 Å². The molecule has 1 aromatic heterocycles. The zero-order chi connectivity index (χ0) is 20.5. The lowest BCUT2D eigenvalue weighted by Crippen LogP contribution is -2.18. The average Bonchev–Trinajstić information content (AvgIpc) is 3.01. The summed E-state index contributed by atoms with van der Waals surface area (Å²) >= 11 is 5.75. The number of carbonyl (C=O) groups excluding carboxylic acids is 2. The normalized spacial score (nSPS) is 14.5. The molecule has 1 fully saturated rings. The van der Waals surface area contributed by atoms with Crippen molar-refractivity contribution in [2.45, 2.75) is 79.1 Å². The van der Waals surface area contributed by atoms with Gasteiger partial charge in [-0.25, -0.2) is 4.98 Å². The van der Waals surface area contributed by atoms with Gasteiger partial charge in [-0.05, 0) is 50.7 Å². The summed E-state index contributed by atoms with van der Waals surface area (Å²) in [5, 5.41) is 0.743. The quantitative estimate of drug-likeness (QED) is 0.447. The molecule has 0 spiro atoms. The van der Waals surface area contributed by atoms with Gasteiger partial charge in [0.25, 0.3) is 0 Å². The third-order valence-corrected chi connectivity index (χ3v) is 4.22. The molecular formula is C18H34N4O2S2. The maximum atomic E-state index is 10.4. The fraction of sp³-hybridized carbons (Fsp3) is 0.667. The number of aromatic nitrogens is 1. The van der Waals surface area contributed by atoms with Crippen molar-refractivity contribution in [3.8, 4) is 0 Å². The summed E-state index contributed by atoms with van der Waals surface area (Å²) in [6.07, 6.45) is 7.73. The maximum absolute atomic E-state index is 10.4. The molecule has 2 aliphatic rings. The number of carbonyl (C=O) groups is 2. The molecule has 26 heavy (non-hydrogen) atoms. The highest BCUT2D eigenvalue weighted by atomic mass is 32.1. The Morgan fingerprint density at radius 1 is 0.885 bits per heavy atom. The molecule has 150 valence electrons.